The smallest absolute Gasteiger partial charge is 0.280 e. The van der Waals surface area contributed by atoms with Gasteiger partial charge in [-0.05, 0) is 44.0 Å². The fourth-order valence-corrected chi connectivity index (χ4v) is 4.09. The summed E-state index contributed by atoms with van der Waals surface area (Å²) in [4.78, 5) is 18.9. The highest BCUT2D eigenvalue weighted by atomic mass is 32.1. The van der Waals surface area contributed by atoms with Gasteiger partial charge in [-0.25, -0.2) is 9.37 Å². The highest BCUT2D eigenvalue weighted by Crippen LogP contribution is 2.30. The fraction of sp³-hybridized carbons (Fsp3) is 0.412. The summed E-state index contributed by atoms with van der Waals surface area (Å²) >= 11 is 1.13. The number of piperidine rings is 3. The van der Waals surface area contributed by atoms with Crippen LogP contribution in [-0.4, -0.2) is 41.5 Å². The molecule has 1 atom stereocenters. The van der Waals surface area contributed by atoms with Crippen molar-refractivity contribution in [3.05, 3.63) is 41.3 Å². The molecule has 3 aliphatic heterocycles. The van der Waals surface area contributed by atoms with Crippen molar-refractivity contribution < 1.29 is 13.9 Å². The molecule has 2 bridgehead atoms. The Balaban J connectivity index is 1.41. The van der Waals surface area contributed by atoms with Crippen LogP contribution in [0.3, 0.4) is 0 Å². The van der Waals surface area contributed by atoms with Crippen LogP contribution in [0, 0.1) is 11.7 Å². The van der Waals surface area contributed by atoms with Crippen molar-refractivity contribution in [1.82, 2.24) is 15.2 Å². The van der Waals surface area contributed by atoms with Gasteiger partial charge >= 0.3 is 0 Å². The van der Waals surface area contributed by atoms with Crippen molar-refractivity contribution >= 4 is 17.2 Å². The number of benzene rings is 1. The molecule has 5 rings (SSSR count). The van der Waals surface area contributed by atoms with Crippen LogP contribution in [0.15, 0.2) is 30.5 Å². The van der Waals surface area contributed by atoms with E-state index in [1.165, 1.54) is 12.3 Å². The molecule has 3 saturated heterocycles. The summed E-state index contributed by atoms with van der Waals surface area (Å²) in [5.41, 5.74) is 0. The molecule has 0 radical (unpaired) electrons. The maximum absolute atomic E-state index is 13.6. The minimum Gasteiger partial charge on any atom is -0.442 e. The van der Waals surface area contributed by atoms with E-state index < -0.39 is 5.82 Å². The van der Waals surface area contributed by atoms with Gasteiger partial charge in [0.15, 0.2) is 16.6 Å². The van der Waals surface area contributed by atoms with Gasteiger partial charge in [-0.15, -0.1) is 0 Å². The van der Waals surface area contributed by atoms with Gasteiger partial charge in [0, 0.05) is 12.6 Å². The molecule has 1 N–H and O–H groups in total. The molecule has 0 aliphatic carbocycles. The van der Waals surface area contributed by atoms with E-state index in [-0.39, 0.29) is 17.7 Å². The predicted octanol–water partition coefficient (Wildman–Crippen LogP) is 2.90. The first-order valence-electron chi connectivity index (χ1n) is 8.10. The van der Waals surface area contributed by atoms with Crippen molar-refractivity contribution in [2.45, 2.75) is 18.9 Å². The van der Waals surface area contributed by atoms with Gasteiger partial charge < -0.3 is 15.0 Å². The van der Waals surface area contributed by atoms with Crippen LogP contribution in [0.25, 0.3) is 0 Å². The zero-order chi connectivity index (χ0) is 16.5. The lowest BCUT2D eigenvalue weighted by molar-refractivity contribution is 0.0620. The number of aromatic nitrogens is 1. The Hall–Kier alpha value is -1.99. The molecule has 1 aromatic heterocycles. The van der Waals surface area contributed by atoms with E-state index in [9.17, 15) is 9.18 Å². The first kappa shape index (κ1) is 15.5. The highest BCUT2D eigenvalue weighted by molar-refractivity contribution is 7.15. The lowest BCUT2D eigenvalue weighted by Gasteiger charge is -2.44. The summed E-state index contributed by atoms with van der Waals surface area (Å²) in [6.07, 6.45) is 3.75. The Morgan fingerprint density at radius 2 is 2.12 bits per heavy atom. The number of halogens is 1. The number of nitrogens with zero attached hydrogens (tertiary/aromatic N) is 2. The van der Waals surface area contributed by atoms with Gasteiger partial charge in [0.2, 0.25) is 5.06 Å². The molecular weight excluding hydrogens is 329 g/mol. The molecule has 24 heavy (non-hydrogen) atoms. The quantitative estimate of drug-likeness (QED) is 0.924. The van der Waals surface area contributed by atoms with Crippen LogP contribution >= 0.6 is 11.3 Å². The van der Waals surface area contributed by atoms with E-state index in [2.05, 4.69) is 15.2 Å². The molecule has 3 aliphatic rings. The first-order chi connectivity index (χ1) is 11.7. The molecule has 0 saturated carbocycles. The van der Waals surface area contributed by atoms with E-state index in [0.29, 0.717) is 16.0 Å². The number of nitrogens with one attached hydrogen (secondary N) is 1. The molecule has 5 nitrogen and oxygen atoms in total. The summed E-state index contributed by atoms with van der Waals surface area (Å²) in [5, 5.41) is 3.84. The van der Waals surface area contributed by atoms with Gasteiger partial charge in [0.05, 0.1) is 6.20 Å². The number of carbonyl (C=O) groups excluding carboxylic acids is 1. The number of rotatable bonds is 4. The number of hydrogen-bond acceptors (Lipinski definition) is 5. The number of hydrogen-bond donors (Lipinski definition) is 1. The second-order valence-corrected chi connectivity index (χ2v) is 7.23. The predicted molar refractivity (Wildman–Crippen MR) is 89.0 cm³/mol. The fourth-order valence-electron chi connectivity index (χ4n) is 3.41. The number of thiazole rings is 1. The van der Waals surface area contributed by atoms with Crippen LogP contribution in [0.2, 0.25) is 0 Å². The Kier molecular flexibility index (Phi) is 4.20. The summed E-state index contributed by atoms with van der Waals surface area (Å²) in [7, 11) is 0. The summed E-state index contributed by atoms with van der Waals surface area (Å²) < 4.78 is 19.1. The highest BCUT2D eigenvalue weighted by Gasteiger charge is 2.35. The lowest BCUT2D eigenvalue weighted by Crippen LogP contribution is -2.57. The second-order valence-electron chi connectivity index (χ2n) is 6.23. The van der Waals surface area contributed by atoms with E-state index in [0.717, 1.165) is 43.8 Å². The average molecular weight is 347 g/mol. The summed E-state index contributed by atoms with van der Waals surface area (Å²) in [5.74, 6) is 0.0739. The Labute approximate surface area is 143 Å². The number of fused-ring (bicyclic) bond motifs is 3. The van der Waals surface area contributed by atoms with Crippen LogP contribution in [0.1, 0.15) is 22.6 Å². The van der Waals surface area contributed by atoms with Crippen molar-refractivity contribution in [2.24, 2.45) is 5.92 Å². The Morgan fingerprint density at radius 3 is 2.83 bits per heavy atom. The van der Waals surface area contributed by atoms with Crippen molar-refractivity contribution in [2.75, 3.05) is 19.6 Å². The normalized spacial score (nSPS) is 25.5. The number of carbonyl (C=O) groups is 1. The number of ether oxygens (including phenoxy) is 1. The molecule has 3 fully saturated rings. The zero-order valence-electron chi connectivity index (χ0n) is 13.1. The molecule has 1 amide bonds. The third kappa shape index (κ3) is 3.14. The standard InChI is InChI=1S/C17H18FN3O2S/c18-12-3-1-2-4-14(12)23-15-9-19-17(24-15)16(22)20-13-10-21-7-5-11(13)6-8-21/h1-4,9,11,13H,5-8,10H2,(H,20,22)/t13-/m0/s1. The molecule has 4 heterocycles. The van der Waals surface area contributed by atoms with Gasteiger partial charge in [0.25, 0.3) is 5.91 Å². The number of para-hydroxylation sites is 1. The summed E-state index contributed by atoms with van der Waals surface area (Å²) in [6, 6.07) is 6.36. The van der Waals surface area contributed by atoms with Crippen LogP contribution < -0.4 is 10.1 Å². The minimum absolute atomic E-state index is 0.130. The van der Waals surface area contributed by atoms with Crippen LogP contribution in [-0.2, 0) is 0 Å². The molecule has 7 heteroatoms. The van der Waals surface area contributed by atoms with Gasteiger partial charge in [-0.1, -0.05) is 23.5 Å². The molecule has 0 unspecified atom stereocenters. The molecule has 2 aromatic rings. The van der Waals surface area contributed by atoms with E-state index in [1.807, 2.05) is 0 Å². The number of amides is 1. The molecule has 0 spiro atoms. The third-order valence-corrected chi connectivity index (χ3v) is 5.57. The third-order valence-electron chi connectivity index (χ3n) is 4.70. The largest absolute Gasteiger partial charge is 0.442 e. The topological polar surface area (TPSA) is 54.5 Å². The van der Waals surface area contributed by atoms with Gasteiger partial charge in [-0.2, -0.15) is 0 Å². The minimum atomic E-state index is -0.441. The van der Waals surface area contributed by atoms with E-state index in [1.54, 1.807) is 18.2 Å². The van der Waals surface area contributed by atoms with Crippen LogP contribution in [0.5, 0.6) is 10.8 Å². The van der Waals surface area contributed by atoms with Crippen molar-refractivity contribution in [3.8, 4) is 10.8 Å². The second kappa shape index (κ2) is 6.49. The van der Waals surface area contributed by atoms with Gasteiger partial charge in [-0.3, -0.25) is 4.79 Å². The maximum atomic E-state index is 13.6. The average Bonchev–Trinajstić information content (AvgIpc) is 3.07. The Morgan fingerprint density at radius 1 is 1.33 bits per heavy atom. The van der Waals surface area contributed by atoms with E-state index >= 15 is 0 Å². The van der Waals surface area contributed by atoms with Crippen molar-refractivity contribution in [1.29, 1.82) is 0 Å². The molecular formula is C17H18FN3O2S. The van der Waals surface area contributed by atoms with Gasteiger partial charge in [0.1, 0.15) is 0 Å². The Bertz CT molecular complexity index is 743. The monoisotopic (exact) mass is 347 g/mol. The van der Waals surface area contributed by atoms with Crippen molar-refractivity contribution in [3.63, 3.8) is 0 Å². The molecule has 1 aromatic carbocycles. The lowest BCUT2D eigenvalue weighted by atomic mass is 9.84. The zero-order valence-corrected chi connectivity index (χ0v) is 13.9. The SMILES string of the molecule is O=C(N[C@H]1CN2CCC1CC2)c1ncc(Oc2ccccc2F)s1. The van der Waals surface area contributed by atoms with E-state index in [4.69, 9.17) is 4.74 Å². The molecule has 126 valence electrons. The summed E-state index contributed by atoms with van der Waals surface area (Å²) in [6.45, 7) is 3.18. The first-order valence-corrected chi connectivity index (χ1v) is 8.92. The van der Waals surface area contributed by atoms with Crippen LogP contribution in [0.4, 0.5) is 4.39 Å². The maximum Gasteiger partial charge on any atom is 0.280 e.